The molecule has 1 spiro atoms. The summed E-state index contributed by atoms with van der Waals surface area (Å²) in [5.41, 5.74) is 5.81. The van der Waals surface area contributed by atoms with Gasteiger partial charge in [-0.05, 0) is 43.5 Å². The van der Waals surface area contributed by atoms with Crippen LogP contribution in [0.2, 0.25) is 10.0 Å². The van der Waals surface area contributed by atoms with E-state index in [1.807, 2.05) is 47.4 Å². The summed E-state index contributed by atoms with van der Waals surface area (Å²) in [5, 5.41) is 17.2. The van der Waals surface area contributed by atoms with Gasteiger partial charge in [-0.2, -0.15) is 0 Å². The monoisotopic (exact) mass is 772 g/mol. The summed E-state index contributed by atoms with van der Waals surface area (Å²) < 4.78 is 11.4. The number of nitrogens with one attached hydrogen (secondary N) is 2. The van der Waals surface area contributed by atoms with Crippen molar-refractivity contribution in [2.75, 3.05) is 33.9 Å². The molecule has 2 aromatic carbocycles. The molecular weight excluding hydrogens is 731 g/mol. The van der Waals surface area contributed by atoms with E-state index in [-0.39, 0.29) is 42.2 Å². The number of halogens is 2. The van der Waals surface area contributed by atoms with E-state index in [2.05, 4.69) is 15.6 Å². The number of rotatable bonds is 12. The van der Waals surface area contributed by atoms with Crippen LogP contribution in [0.1, 0.15) is 43.7 Å². The summed E-state index contributed by atoms with van der Waals surface area (Å²) in [5.74, 6) is 1.07. The zero-order valence-corrected chi connectivity index (χ0v) is 31.8. The Hall–Kier alpha value is -4.91. The van der Waals surface area contributed by atoms with Gasteiger partial charge >= 0.3 is 6.09 Å². The molecule has 3 aliphatic rings. The molecule has 1 unspecified atom stereocenters. The molecule has 7 rings (SSSR count). The number of methoxy groups -OCH3 is 2. The van der Waals surface area contributed by atoms with Gasteiger partial charge in [0, 0.05) is 96.6 Å². The average Bonchev–Trinajstić information content (AvgIpc) is 3.54. The molecule has 1 aliphatic carbocycles. The van der Waals surface area contributed by atoms with Gasteiger partial charge in [0.15, 0.2) is 0 Å². The number of carbonyl (C=O) groups is 3. The van der Waals surface area contributed by atoms with Gasteiger partial charge < -0.3 is 35.0 Å². The van der Waals surface area contributed by atoms with Gasteiger partial charge in [-0.1, -0.05) is 53.5 Å². The number of aromatic nitrogens is 2. The Kier molecular flexibility index (Phi) is 10.7. The third-order valence-corrected chi connectivity index (χ3v) is 11.5. The number of hydrogen-bond acceptors (Lipinski definition) is 8. The van der Waals surface area contributed by atoms with Crippen molar-refractivity contribution >= 4 is 41.1 Å². The lowest BCUT2D eigenvalue weighted by Gasteiger charge is -2.59. The van der Waals surface area contributed by atoms with E-state index in [0.29, 0.717) is 69.1 Å². The molecule has 282 valence electrons. The number of carboxylic acid groups (broad SMARTS) is 1. The minimum Gasteiger partial charge on any atom is -0.496 e. The molecule has 0 bridgehead atoms. The predicted molar refractivity (Wildman–Crippen MR) is 206 cm³/mol. The van der Waals surface area contributed by atoms with E-state index < -0.39 is 6.09 Å². The number of amides is 3. The second-order valence-electron chi connectivity index (χ2n) is 14.4. The van der Waals surface area contributed by atoms with E-state index in [9.17, 15) is 19.5 Å². The molecular formula is C40H42Cl2N6O6. The lowest BCUT2D eigenvalue weighted by molar-refractivity contribution is -0.149. The first-order valence-corrected chi connectivity index (χ1v) is 18.6. The topological polar surface area (TPSA) is 146 Å². The quantitative estimate of drug-likeness (QED) is 0.144. The van der Waals surface area contributed by atoms with Crippen molar-refractivity contribution in [3.05, 3.63) is 82.0 Å². The zero-order chi connectivity index (χ0) is 38.1. The maximum absolute atomic E-state index is 12.1. The first-order chi connectivity index (χ1) is 26.0. The van der Waals surface area contributed by atoms with Crippen LogP contribution in [0, 0.1) is 5.41 Å². The number of hydrogen-bond donors (Lipinski definition) is 3. The molecule has 12 nitrogen and oxygen atoms in total. The fraction of sp³-hybridized carbons (Fsp3) is 0.375. The molecule has 3 fully saturated rings. The number of likely N-dealkylation sites (tertiary alicyclic amines) is 1. The Morgan fingerprint density at radius 3 is 2.44 bits per heavy atom. The molecule has 3 amide bonds. The van der Waals surface area contributed by atoms with Crippen LogP contribution in [0.15, 0.2) is 60.8 Å². The number of benzene rings is 2. The lowest BCUT2D eigenvalue weighted by atomic mass is 9.60. The molecule has 14 heteroatoms. The third kappa shape index (κ3) is 7.55. The van der Waals surface area contributed by atoms with Crippen LogP contribution in [0.3, 0.4) is 0 Å². The molecule has 2 aliphatic heterocycles. The largest absolute Gasteiger partial charge is 0.496 e. The highest BCUT2D eigenvalue weighted by Gasteiger charge is 2.52. The fourth-order valence-corrected chi connectivity index (χ4v) is 8.52. The zero-order valence-electron chi connectivity index (χ0n) is 30.3. The first-order valence-electron chi connectivity index (χ1n) is 17.9. The van der Waals surface area contributed by atoms with E-state index >= 15 is 0 Å². The summed E-state index contributed by atoms with van der Waals surface area (Å²) in [4.78, 5) is 47.8. The van der Waals surface area contributed by atoms with Crippen LogP contribution >= 0.6 is 23.2 Å². The fourth-order valence-electron chi connectivity index (χ4n) is 7.87. The Morgan fingerprint density at radius 2 is 1.76 bits per heavy atom. The van der Waals surface area contributed by atoms with Crippen molar-refractivity contribution in [3.63, 3.8) is 0 Å². The van der Waals surface area contributed by atoms with Gasteiger partial charge in [0.25, 0.3) is 0 Å². The second kappa shape index (κ2) is 15.4. The SMILES string of the molecule is COc1cc(-c2nccc(-c3cccc(-c4ccc(CN(CC5CCC(=O)N5)C(=O)O)c(OC)n4)c3Cl)c2Cl)ccc1CNC1CC2(C1)CN(C(C)=O)C2. The van der Waals surface area contributed by atoms with Crippen molar-refractivity contribution in [1.29, 1.82) is 0 Å². The summed E-state index contributed by atoms with van der Waals surface area (Å²) in [6.45, 7) is 4.20. The number of carbonyl (C=O) groups excluding carboxylic acids is 2. The van der Waals surface area contributed by atoms with Crippen LogP contribution < -0.4 is 20.1 Å². The van der Waals surface area contributed by atoms with Crippen molar-refractivity contribution in [3.8, 4) is 45.3 Å². The van der Waals surface area contributed by atoms with E-state index in [1.54, 1.807) is 32.4 Å². The Bertz CT molecular complexity index is 2100. The Morgan fingerprint density at radius 1 is 1.02 bits per heavy atom. The second-order valence-corrected chi connectivity index (χ2v) is 15.2. The molecule has 2 aromatic heterocycles. The molecule has 1 saturated carbocycles. The normalized spacial score (nSPS) is 17.5. The van der Waals surface area contributed by atoms with Crippen LogP contribution in [0.25, 0.3) is 33.6 Å². The van der Waals surface area contributed by atoms with Gasteiger partial charge in [-0.15, -0.1) is 0 Å². The number of pyridine rings is 2. The van der Waals surface area contributed by atoms with Crippen LogP contribution in [0.4, 0.5) is 4.79 Å². The van der Waals surface area contributed by atoms with Gasteiger partial charge in [0.05, 0.1) is 42.2 Å². The maximum atomic E-state index is 12.1. The van der Waals surface area contributed by atoms with Crippen LogP contribution in [-0.4, -0.2) is 88.7 Å². The third-order valence-electron chi connectivity index (χ3n) is 10.7. The van der Waals surface area contributed by atoms with Crippen LogP contribution in [0.5, 0.6) is 11.6 Å². The van der Waals surface area contributed by atoms with Crippen LogP contribution in [-0.2, 0) is 22.7 Å². The predicted octanol–water partition coefficient (Wildman–Crippen LogP) is 6.66. The summed E-state index contributed by atoms with van der Waals surface area (Å²) >= 11 is 14.2. The summed E-state index contributed by atoms with van der Waals surface area (Å²) in [7, 11) is 3.13. The molecule has 1 atom stereocenters. The summed E-state index contributed by atoms with van der Waals surface area (Å²) in [6, 6.07) is 17.1. The van der Waals surface area contributed by atoms with Crippen molar-refractivity contribution in [2.24, 2.45) is 5.41 Å². The maximum Gasteiger partial charge on any atom is 0.407 e. The summed E-state index contributed by atoms with van der Waals surface area (Å²) in [6.07, 6.45) is 3.69. The Balaban J connectivity index is 1.08. The Labute approximate surface area is 323 Å². The number of nitrogens with zero attached hydrogens (tertiary/aromatic N) is 4. The highest BCUT2D eigenvalue weighted by molar-refractivity contribution is 6.39. The van der Waals surface area contributed by atoms with Gasteiger partial charge in [-0.3, -0.25) is 14.6 Å². The minimum absolute atomic E-state index is 0.0346. The van der Waals surface area contributed by atoms with Crippen molar-refractivity contribution in [2.45, 2.75) is 57.8 Å². The molecule has 0 radical (unpaired) electrons. The standard InChI is InChI=1S/C40H42Cl2N6O6/c1-23(49)48-21-40(22-48)16-28(17-40)44-18-25-8-7-24(15-33(25)53-2)37-36(42)30(13-14-43-37)29-5-4-6-31(35(29)41)32-11-9-26(38(46-32)54-3)19-47(39(51)52)20-27-10-12-34(50)45-27/h4-9,11,13-15,27-28,44H,10,12,16-22H2,1-3H3,(H,45,50)(H,51,52). The van der Waals surface area contributed by atoms with Gasteiger partial charge in [0.1, 0.15) is 5.75 Å². The minimum atomic E-state index is -1.10. The smallest absolute Gasteiger partial charge is 0.407 e. The first kappa shape index (κ1) is 37.4. The molecule has 3 N–H and O–H groups in total. The highest BCUT2D eigenvalue weighted by Crippen LogP contribution is 2.48. The van der Waals surface area contributed by atoms with Crippen molar-refractivity contribution < 1.29 is 29.0 Å². The molecule has 2 saturated heterocycles. The number of ether oxygens (including phenoxy) is 2. The average molecular weight is 774 g/mol. The molecule has 54 heavy (non-hydrogen) atoms. The van der Waals surface area contributed by atoms with Crippen molar-refractivity contribution in [1.82, 2.24) is 30.4 Å². The van der Waals surface area contributed by atoms with Gasteiger partial charge in [0.2, 0.25) is 17.7 Å². The van der Waals surface area contributed by atoms with E-state index in [1.165, 1.54) is 12.0 Å². The lowest BCUT2D eigenvalue weighted by Crippen LogP contribution is -2.66. The molecule has 4 aromatic rings. The van der Waals surface area contributed by atoms with E-state index in [0.717, 1.165) is 42.8 Å². The molecule has 4 heterocycles. The van der Waals surface area contributed by atoms with E-state index in [4.69, 9.17) is 37.7 Å². The highest BCUT2D eigenvalue weighted by atomic mass is 35.5. The van der Waals surface area contributed by atoms with Gasteiger partial charge in [-0.25, -0.2) is 9.78 Å².